The van der Waals surface area contributed by atoms with Gasteiger partial charge in [0.1, 0.15) is 5.60 Å². The van der Waals surface area contributed by atoms with Crippen LogP contribution in [0.4, 0.5) is 0 Å². The molecule has 1 aromatic carbocycles. The second-order valence-corrected chi connectivity index (χ2v) is 9.68. The Balaban J connectivity index is 1.55. The topological polar surface area (TPSA) is 52.3 Å². The van der Waals surface area contributed by atoms with Gasteiger partial charge in [-0.05, 0) is 101 Å². The molecule has 3 rings (SSSR count). The van der Waals surface area contributed by atoms with Crippen molar-refractivity contribution in [1.29, 1.82) is 0 Å². The molecule has 0 spiro atoms. The molecule has 0 aromatic heterocycles. The first kappa shape index (κ1) is 22.2. The first-order valence-corrected chi connectivity index (χ1v) is 11.2. The summed E-state index contributed by atoms with van der Waals surface area (Å²) in [6, 6.07) is 6.54. The maximum absolute atomic E-state index is 12.0. The van der Waals surface area contributed by atoms with Crippen LogP contribution in [-0.2, 0) is 9.53 Å². The van der Waals surface area contributed by atoms with Gasteiger partial charge >= 0.3 is 5.97 Å². The van der Waals surface area contributed by atoms with Crippen LogP contribution in [0.3, 0.4) is 0 Å². The van der Waals surface area contributed by atoms with Crippen LogP contribution in [0.5, 0.6) is 0 Å². The molecule has 3 nitrogen and oxygen atoms in total. The lowest BCUT2D eigenvalue weighted by molar-refractivity contribution is -0.148. The van der Waals surface area contributed by atoms with E-state index < -0.39 is 5.60 Å². The molecule has 0 unspecified atom stereocenters. The van der Waals surface area contributed by atoms with E-state index >= 15 is 0 Å². The Kier molecular flexibility index (Phi) is 7.05. The third kappa shape index (κ3) is 6.50. The third-order valence-corrected chi connectivity index (χ3v) is 5.79. The largest absolute Gasteiger partial charge is 0.457 e. The minimum atomic E-state index is -0.427. The summed E-state index contributed by atoms with van der Waals surface area (Å²) in [4.78, 5) is 12.0. The lowest BCUT2D eigenvalue weighted by Gasteiger charge is -2.24. The van der Waals surface area contributed by atoms with E-state index in [-0.39, 0.29) is 5.97 Å². The van der Waals surface area contributed by atoms with Crippen molar-refractivity contribution in [1.82, 2.24) is 0 Å². The number of hydrogen-bond acceptors (Lipinski definition) is 3. The van der Waals surface area contributed by atoms with E-state index in [1.165, 1.54) is 28.3 Å². The number of hydrogen-bond donors (Lipinski definition) is 1. The van der Waals surface area contributed by atoms with Gasteiger partial charge in [-0.2, -0.15) is 0 Å². The molecule has 0 radical (unpaired) electrons. The van der Waals surface area contributed by atoms with Gasteiger partial charge in [-0.3, -0.25) is 0 Å². The zero-order chi connectivity index (χ0) is 21.7. The molecular weight excluding hydrogens is 370 g/mol. The van der Waals surface area contributed by atoms with Crippen LogP contribution in [0, 0.1) is 12.8 Å². The Bertz CT molecular complexity index is 1000. The maximum atomic E-state index is 12.0. The minimum absolute atomic E-state index is 0.204. The summed E-state index contributed by atoms with van der Waals surface area (Å²) in [7, 11) is 0. The highest BCUT2D eigenvalue weighted by molar-refractivity contribution is 5.83. The van der Waals surface area contributed by atoms with Crippen LogP contribution >= 0.6 is 0 Å². The van der Waals surface area contributed by atoms with Crippen LogP contribution in [0.25, 0.3) is 11.3 Å². The number of fused-ring (bicyclic) bond motifs is 1. The summed E-state index contributed by atoms with van der Waals surface area (Å²) in [6.07, 6.45) is 13.4. The number of rotatable bonds is 5. The molecule has 1 saturated carbocycles. The first-order chi connectivity index (χ1) is 14.2. The van der Waals surface area contributed by atoms with Crippen molar-refractivity contribution in [3.8, 4) is 0 Å². The van der Waals surface area contributed by atoms with Gasteiger partial charge in [0.15, 0.2) is 0 Å². The summed E-state index contributed by atoms with van der Waals surface area (Å²) >= 11 is 0. The molecule has 0 heterocycles. The molecule has 2 aliphatic rings. The van der Waals surface area contributed by atoms with E-state index in [0.29, 0.717) is 0 Å². The first-order valence-electron chi connectivity index (χ1n) is 11.2. The van der Waals surface area contributed by atoms with Gasteiger partial charge in [0, 0.05) is 23.1 Å². The normalized spacial score (nSPS) is 18.8. The van der Waals surface area contributed by atoms with Crippen molar-refractivity contribution in [3.63, 3.8) is 0 Å². The maximum Gasteiger partial charge on any atom is 0.331 e. The van der Waals surface area contributed by atoms with E-state index in [9.17, 15) is 4.79 Å². The standard InChI is InChI=1S/C27H35NO2/c1-19-8-15-25-22(18-24(28)14-13-23(25)16-19)7-5-6-20-9-11-21(12-10-20)17-26(29)30-27(2,3)4/h8,14-18,20H,5-7,9-12,28H2,1-4H3. The molecule has 0 atom stereocenters. The highest BCUT2D eigenvalue weighted by atomic mass is 16.6. The van der Waals surface area contributed by atoms with Crippen LogP contribution < -0.4 is 16.2 Å². The Morgan fingerprint density at radius 1 is 1.27 bits per heavy atom. The van der Waals surface area contributed by atoms with Gasteiger partial charge in [-0.15, -0.1) is 5.73 Å². The van der Waals surface area contributed by atoms with Crippen LogP contribution in [-0.4, -0.2) is 11.6 Å². The van der Waals surface area contributed by atoms with Gasteiger partial charge in [-0.1, -0.05) is 24.1 Å². The summed E-state index contributed by atoms with van der Waals surface area (Å²) in [5.41, 5.74) is 13.6. The average molecular weight is 406 g/mol. The number of benzene rings is 1. The number of aryl methyl sites for hydroxylation is 1. The van der Waals surface area contributed by atoms with Gasteiger partial charge in [0.2, 0.25) is 0 Å². The Hall–Kier alpha value is -2.51. The summed E-state index contributed by atoms with van der Waals surface area (Å²) in [5, 5.41) is 2.39. The van der Waals surface area contributed by atoms with Crippen LogP contribution in [0.1, 0.15) is 71.3 Å². The molecule has 0 saturated heterocycles. The Morgan fingerprint density at radius 3 is 2.70 bits per heavy atom. The highest BCUT2D eigenvalue weighted by Gasteiger charge is 2.19. The van der Waals surface area contributed by atoms with Gasteiger partial charge in [0.25, 0.3) is 0 Å². The zero-order valence-corrected chi connectivity index (χ0v) is 18.9. The van der Waals surface area contributed by atoms with E-state index in [1.54, 1.807) is 6.08 Å². The molecule has 1 fully saturated rings. The van der Waals surface area contributed by atoms with Crippen molar-refractivity contribution < 1.29 is 9.53 Å². The van der Waals surface area contributed by atoms with Gasteiger partial charge < -0.3 is 10.5 Å². The highest BCUT2D eigenvalue weighted by Crippen LogP contribution is 2.32. The molecule has 3 heteroatoms. The van der Waals surface area contributed by atoms with Crippen LogP contribution in [0.2, 0.25) is 0 Å². The van der Waals surface area contributed by atoms with Crippen molar-refractivity contribution in [3.05, 3.63) is 63.7 Å². The number of carbonyl (C=O) groups is 1. The second kappa shape index (κ2) is 9.53. The number of esters is 1. The molecule has 2 aliphatic carbocycles. The summed E-state index contributed by atoms with van der Waals surface area (Å²) < 4.78 is 5.41. The zero-order valence-electron chi connectivity index (χ0n) is 18.9. The fraction of sp³-hybridized carbons (Fsp3) is 0.481. The van der Waals surface area contributed by atoms with Gasteiger partial charge in [-0.25, -0.2) is 4.79 Å². The molecule has 0 aliphatic heterocycles. The monoisotopic (exact) mass is 405 g/mol. The minimum Gasteiger partial charge on any atom is -0.457 e. The predicted molar refractivity (Wildman–Crippen MR) is 124 cm³/mol. The lowest BCUT2D eigenvalue weighted by atomic mass is 9.82. The van der Waals surface area contributed by atoms with E-state index in [4.69, 9.17) is 10.5 Å². The molecule has 0 bridgehead atoms. The van der Waals surface area contributed by atoms with Crippen molar-refractivity contribution >= 4 is 17.3 Å². The molecular formula is C27H35NO2. The van der Waals surface area contributed by atoms with Crippen molar-refractivity contribution in [2.45, 2.75) is 78.2 Å². The quantitative estimate of drug-likeness (QED) is 0.577. The Labute approximate surface area is 180 Å². The molecule has 30 heavy (non-hydrogen) atoms. The lowest BCUT2D eigenvalue weighted by Crippen LogP contribution is -2.25. The molecule has 0 amide bonds. The number of carbonyl (C=O) groups excluding carboxylic acids is 1. The average Bonchev–Trinajstić information content (AvgIpc) is 2.80. The summed E-state index contributed by atoms with van der Waals surface area (Å²) in [6.45, 7) is 7.83. The Morgan fingerprint density at radius 2 is 2.00 bits per heavy atom. The number of nitrogens with two attached hydrogens (primary N) is 1. The SMILES string of the molecule is Cc1ccc2c(c1)=C=CC(N)=CC=2CCCC1CCC(=CC(=O)OC(C)(C)C)CC1. The van der Waals surface area contributed by atoms with E-state index in [2.05, 4.69) is 36.9 Å². The summed E-state index contributed by atoms with van der Waals surface area (Å²) in [5.74, 6) is 0.528. The van der Waals surface area contributed by atoms with Crippen LogP contribution in [0.15, 0.2) is 47.7 Å². The third-order valence-electron chi connectivity index (χ3n) is 5.79. The molecule has 1 aromatic rings. The van der Waals surface area contributed by atoms with Gasteiger partial charge in [0.05, 0.1) is 0 Å². The fourth-order valence-corrected chi connectivity index (χ4v) is 4.31. The molecule has 160 valence electrons. The number of allylic oxidation sites excluding steroid dienone is 3. The number of ether oxygens (including phenoxy) is 1. The van der Waals surface area contributed by atoms with Crippen molar-refractivity contribution in [2.75, 3.05) is 0 Å². The smallest absolute Gasteiger partial charge is 0.331 e. The molecule has 2 N–H and O–H groups in total. The second-order valence-electron chi connectivity index (χ2n) is 9.68. The van der Waals surface area contributed by atoms with E-state index in [0.717, 1.165) is 55.4 Å². The van der Waals surface area contributed by atoms with Crippen molar-refractivity contribution in [2.24, 2.45) is 11.7 Å². The fourth-order valence-electron chi connectivity index (χ4n) is 4.31. The van der Waals surface area contributed by atoms with E-state index in [1.807, 2.05) is 26.8 Å². The predicted octanol–water partition coefficient (Wildman–Crippen LogP) is 4.57.